The van der Waals surface area contributed by atoms with Crippen molar-refractivity contribution >= 4 is 98.2 Å². The normalized spacial score (nSPS) is 16.1. The van der Waals surface area contributed by atoms with E-state index in [9.17, 15) is 0 Å². The van der Waals surface area contributed by atoms with Crippen LogP contribution in [-0.4, -0.2) is 57.2 Å². The van der Waals surface area contributed by atoms with Crippen LogP contribution in [0.1, 0.15) is 115 Å². The summed E-state index contributed by atoms with van der Waals surface area (Å²) in [7, 11) is -3.76. The van der Waals surface area contributed by atoms with E-state index in [0.29, 0.717) is 22.9 Å². The number of hydrogen-bond donors (Lipinski definition) is 0. The summed E-state index contributed by atoms with van der Waals surface area (Å²) in [4.78, 5) is 14.0. The average molecular weight is 1180 g/mol. The minimum atomic E-state index is -0.780. The number of aromatic nitrogens is 3. The van der Waals surface area contributed by atoms with Crippen LogP contribution in [0.15, 0.2) is 103 Å². The largest absolute Gasteiger partial charge is 0.507 e. The Hall–Kier alpha value is -4.78. The smallest absolute Gasteiger partial charge is 0.466 e. The van der Waals surface area contributed by atoms with Gasteiger partial charge in [0.25, 0.3) is 0 Å². The van der Waals surface area contributed by atoms with Gasteiger partial charge in [0.2, 0.25) is 0 Å². The van der Waals surface area contributed by atoms with Crippen LogP contribution in [0.2, 0.25) is 21.3 Å². The summed E-state index contributed by atoms with van der Waals surface area (Å²) in [6, 6.07) is 38.5. The molecular formula is C56H66B6N5O7Pt-3. The van der Waals surface area contributed by atoms with Gasteiger partial charge in [0.05, 0.1) is 0 Å². The van der Waals surface area contributed by atoms with Crippen molar-refractivity contribution in [3.05, 3.63) is 133 Å². The Morgan fingerprint density at radius 2 is 1.09 bits per heavy atom. The van der Waals surface area contributed by atoms with Gasteiger partial charge in [-0.05, 0) is 96.7 Å². The Bertz CT molecular complexity index is 3130. The molecule has 7 aromatic rings. The predicted octanol–water partition coefficient (Wildman–Crippen LogP) is 12.6. The first-order chi connectivity index (χ1) is 34.7. The fraction of sp³-hybridized carbons (Fsp3) is 0.375. The second-order valence-electron chi connectivity index (χ2n) is 25.3. The SMILES string of the molecule is Cc1ncc(N2[CH-]N(c3cc(B4OB(C(C)(C)C)OB(C(C)(C)C)O4)cc(B4OB(C(C)(C)C)OB(C(C)(C)C)O4)c3)c3ccccc32)[c-]c1Oc1[c-]c2c(cc1)c1ccccc1n2-c1cc(C(C)(C)C)ccn1.[Pt]. The first-order valence-corrected chi connectivity index (χ1v) is 25.8. The number of fused-ring (bicyclic) bond motifs is 4. The quantitative estimate of drug-likeness (QED) is 0.113. The molecule has 75 heavy (non-hydrogen) atoms. The van der Waals surface area contributed by atoms with Crippen LogP contribution in [0.5, 0.6) is 11.5 Å². The molecule has 3 aliphatic heterocycles. The predicted molar refractivity (Wildman–Crippen MR) is 305 cm³/mol. The van der Waals surface area contributed by atoms with Crippen molar-refractivity contribution in [3.63, 3.8) is 0 Å². The molecular weight excluding hydrogens is 1110 g/mol. The van der Waals surface area contributed by atoms with E-state index in [1.807, 2.05) is 37.5 Å². The van der Waals surface area contributed by atoms with E-state index in [1.165, 1.54) is 5.56 Å². The maximum atomic E-state index is 6.77. The number of ether oxygens (including phenoxy) is 1. The molecule has 0 N–H and O–H groups in total. The molecule has 12 nitrogen and oxygen atoms in total. The van der Waals surface area contributed by atoms with Crippen molar-refractivity contribution in [2.75, 3.05) is 9.80 Å². The minimum Gasteiger partial charge on any atom is -0.507 e. The van der Waals surface area contributed by atoms with E-state index in [-0.39, 0.29) is 47.7 Å². The number of anilines is 4. The van der Waals surface area contributed by atoms with Gasteiger partial charge in [-0.25, -0.2) is 4.98 Å². The van der Waals surface area contributed by atoms with Gasteiger partial charge in [-0.2, -0.15) is 6.07 Å². The third kappa shape index (κ3) is 11.2. The van der Waals surface area contributed by atoms with Crippen LogP contribution >= 0.6 is 0 Å². The van der Waals surface area contributed by atoms with Gasteiger partial charge >= 0.3 is 42.7 Å². The number of pyridine rings is 2. The molecule has 3 aromatic heterocycles. The molecule has 0 radical (unpaired) electrons. The summed E-state index contributed by atoms with van der Waals surface area (Å²) in [6.07, 6.45) is 3.71. The zero-order valence-corrected chi connectivity index (χ0v) is 48.5. The number of rotatable bonds is 7. The number of benzene rings is 4. The molecule has 2 saturated heterocycles. The Balaban J connectivity index is 0.00000689. The molecule has 0 bridgehead atoms. The van der Waals surface area contributed by atoms with Gasteiger partial charge in [-0.1, -0.05) is 165 Å². The average Bonchev–Trinajstić information content (AvgIpc) is 3.89. The van der Waals surface area contributed by atoms with E-state index in [0.717, 1.165) is 55.6 Å². The fourth-order valence-electron chi connectivity index (χ4n) is 9.36. The van der Waals surface area contributed by atoms with E-state index >= 15 is 0 Å². The number of aryl methyl sites for hydroxylation is 1. The van der Waals surface area contributed by atoms with Gasteiger partial charge in [-0.15, -0.1) is 30.3 Å². The molecule has 3 aliphatic rings. The molecule has 0 aliphatic carbocycles. The molecule has 388 valence electrons. The van der Waals surface area contributed by atoms with Crippen LogP contribution in [0, 0.1) is 25.7 Å². The van der Waals surface area contributed by atoms with Gasteiger partial charge in [-0.3, -0.25) is 0 Å². The molecule has 2 fully saturated rings. The van der Waals surface area contributed by atoms with Gasteiger partial charge in [0.15, 0.2) is 0 Å². The summed E-state index contributed by atoms with van der Waals surface area (Å²) in [5.74, 6) is 1.83. The van der Waals surface area contributed by atoms with Crippen LogP contribution in [-0.2, 0) is 53.9 Å². The Kier molecular flexibility index (Phi) is 14.8. The second-order valence-corrected chi connectivity index (χ2v) is 25.3. The van der Waals surface area contributed by atoms with Crippen molar-refractivity contribution in [2.24, 2.45) is 0 Å². The molecule has 0 saturated carbocycles. The standard InChI is InChI=1S/C56H66B6N5O7.Pt/c1-37-50(68-43-25-26-45-44-21-17-18-22-46(44)67(49(45)34-43)51-29-38(27-28-63-51)52(2,3)4)33-42(35-64-37)66-36-65(47-23-19-20-24-48(47)66)41-31-39(57-69-59(53(5,6)7)73-60(70-57)54(8,9)10)30-40(32-41)58-71-61(55(11,12)13)74-62(72-58)56(14,15)16;/h17-32,35-36H,1-16H3;/q-3;. The van der Waals surface area contributed by atoms with Gasteiger partial charge < -0.3 is 51.5 Å². The molecule has 19 heteroatoms. The molecule has 4 aromatic carbocycles. The summed E-state index contributed by atoms with van der Waals surface area (Å²) >= 11 is 0. The monoisotopic (exact) mass is 1180 g/mol. The van der Waals surface area contributed by atoms with Crippen molar-refractivity contribution < 1.29 is 53.2 Å². The molecule has 0 amide bonds. The third-order valence-corrected chi connectivity index (χ3v) is 13.5. The second kappa shape index (κ2) is 20.2. The van der Waals surface area contributed by atoms with Crippen LogP contribution < -0.4 is 25.5 Å². The zero-order valence-electron chi connectivity index (χ0n) is 46.3. The number of para-hydroxylation sites is 3. The first kappa shape index (κ1) is 55.0. The summed E-state index contributed by atoms with van der Waals surface area (Å²) in [5, 5.41) is 0.782. The van der Waals surface area contributed by atoms with Gasteiger partial charge in [0, 0.05) is 61.3 Å². The van der Waals surface area contributed by atoms with Crippen molar-refractivity contribution in [1.29, 1.82) is 0 Å². The van der Waals surface area contributed by atoms with E-state index in [4.69, 9.17) is 42.1 Å². The first-order valence-electron chi connectivity index (χ1n) is 25.8. The minimum absolute atomic E-state index is 0. The summed E-state index contributed by atoms with van der Waals surface area (Å²) < 4.78 is 49.0. The summed E-state index contributed by atoms with van der Waals surface area (Å²) in [5.41, 5.74) is 8.68. The van der Waals surface area contributed by atoms with Crippen molar-refractivity contribution in [1.82, 2.24) is 14.5 Å². The fourth-order valence-corrected chi connectivity index (χ4v) is 9.36. The Labute approximate surface area is 461 Å². The Morgan fingerprint density at radius 3 is 1.64 bits per heavy atom. The van der Waals surface area contributed by atoms with Crippen molar-refractivity contribution in [2.45, 2.75) is 137 Å². The van der Waals surface area contributed by atoms with Crippen LogP contribution in [0.25, 0.3) is 27.6 Å². The molecule has 0 unspecified atom stereocenters. The third-order valence-electron chi connectivity index (χ3n) is 13.5. The zero-order chi connectivity index (χ0) is 52.9. The number of hydrogen-bond acceptors (Lipinski definition) is 11. The number of nitrogens with zero attached hydrogens (tertiary/aromatic N) is 5. The topological polar surface area (TPSA) is 102 Å². The molecule has 0 atom stereocenters. The molecule has 10 rings (SSSR count). The van der Waals surface area contributed by atoms with E-state index in [1.54, 1.807) is 0 Å². The maximum Gasteiger partial charge on any atom is 0.466 e. The molecule has 0 spiro atoms. The van der Waals surface area contributed by atoms with Gasteiger partial charge in [0.1, 0.15) is 5.82 Å². The molecule has 6 heterocycles. The summed E-state index contributed by atoms with van der Waals surface area (Å²) in [6.45, 7) is 36.0. The maximum absolute atomic E-state index is 6.77. The van der Waals surface area contributed by atoms with E-state index < -0.39 is 42.7 Å². The van der Waals surface area contributed by atoms with Crippen molar-refractivity contribution in [3.8, 4) is 17.3 Å². The van der Waals surface area contributed by atoms with E-state index in [2.05, 4.69) is 210 Å². The van der Waals surface area contributed by atoms with Crippen LogP contribution in [0.3, 0.4) is 0 Å². The van der Waals surface area contributed by atoms with Crippen LogP contribution in [0.4, 0.5) is 22.7 Å². The Morgan fingerprint density at radius 1 is 0.560 bits per heavy atom.